The molecule has 3 heterocycles. The van der Waals surface area contributed by atoms with Crippen LogP contribution >= 0.6 is 0 Å². The Balaban J connectivity index is 1.40. The van der Waals surface area contributed by atoms with Crippen molar-refractivity contribution in [2.45, 2.75) is 24.7 Å². The van der Waals surface area contributed by atoms with Gasteiger partial charge in [-0.25, -0.2) is 0 Å². The number of aromatic nitrogens is 3. The van der Waals surface area contributed by atoms with Crippen LogP contribution in [0.3, 0.4) is 0 Å². The second-order valence-electron chi connectivity index (χ2n) is 5.05. The molecule has 0 aromatic carbocycles. The largest absolute Gasteiger partial charge is 0.351 e. The Hall–Kier alpha value is -2.18. The molecule has 2 aliphatic rings. The maximum absolute atomic E-state index is 11.9. The van der Waals surface area contributed by atoms with E-state index < -0.39 is 0 Å². The zero-order valence-corrected chi connectivity index (χ0v) is 10.2. The van der Waals surface area contributed by atoms with E-state index in [2.05, 4.69) is 15.3 Å². The smallest absolute Gasteiger partial charge is 0.292 e. The van der Waals surface area contributed by atoms with Gasteiger partial charge >= 0.3 is 0 Å². The molecule has 7 nitrogen and oxygen atoms in total. The zero-order valence-electron chi connectivity index (χ0n) is 10.2. The standard InChI is InChI=1S/C12H12N4O3/c17-12(9-3-4-13-18-9)16-5-8(6-16)11-14-10(15-19-11)7-1-2-7/h3-4,7-8H,1-2,5-6H2. The van der Waals surface area contributed by atoms with Crippen molar-refractivity contribution < 1.29 is 13.8 Å². The SMILES string of the molecule is O=C(c1ccno1)N1CC(c2nc(C3CC3)no2)C1. The maximum Gasteiger partial charge on any atom is 0.292 e. The quantitative estimate of drug-likeness (QED) is 0.823. The lowest BCUT2D eigenvalue weighted by Gasteiger charge is -2.36. The summed E-state index contributed by atoms with van der Waals surface area (Å²) in [5.41, 5.74) is 0. The molecule has 0 atom stereocenters. The Bertz CT molecular complexity index is 596. The number of carbonyl (C=O) groups is 1. The molecule has 1 saturated carbocycles. The predicted molar refractivity (Wildman–Crippen MR) is 61.4 cm³/mol. The summed E-state index contributed by atoms with van der Waals surface area (Å²) in [6.07, 6.45) is 3.77. The lowest BCUT2D eigenvalue weighted by atomic mass is 10.00. The first-order chi connectivity index (χ1) is 9.31. The van der Waals surface area contributed by atoms with Gasteiger partial charge < -0.3 is 13.9 Å². The summed E-state index contributed by atoms with van der Waals surface area (Å²) in [4.78, 5) is 18.0. The summed E-state index contributed by atoms with van der Waals surface area (Å²) in [6, 6.07) is 1.56. The van der Waals surface area contributed by atoms with Crippen molar-refractivity contribution in [1.29, 1.82) is 0 Å². The van der Waals surface area contributed by atoms with Gasteiger partial charge in [-0.3, -0.25) is 4.79 Å². The molecule has 1 aliphatic carbocycles. The van der Waals surface area contributed by atoms with Gasteiger partial charge in [-0.1, -0.05) is 10.3 Å². The van der Waals surface area contributed by atoms with Crippen LogP contribution in [0.4, 0.5) is 0 Å². The number of carbonyl (C=O) groups excluding carboxylic acids is 1. The normalized spacial score (nSPS) is 19.5. The van der Waals surface area contributed by atoms with Crippen LogP contribution in [0.5, 0.6) is 0 Å². The van der Waals surface area contributed by atoms with Gasteiger partial charge in [0.05, 0.1) is 12.1 Å². The minimum atomic E-state index is -0.143. The summed E-state index contributed by atoms with van der Waals surface area (Å²) in [5.74, 6) is 2.22. The van der Waals surface area contributed by atoms with Gasteiger partial charge in [0.2, 0.25) is 11.7 Å². The van der Waals surface area contributed by atoms with Crippen molar-refractivity contribution in [3.8, 4) is 0 Å². The van der Waals surface area contributed by atoms with Crippen molar-refractivity contribution in [3.63, 3.8) is 0 Å². The molecule has 0 bridgehead atoms. The molecule has 98 valence electrons. The number of hydrogen-bond donors (Lipinski definition) is 0. The molecule has 1 saturated heterocycles. The molecule has 2 fully saturated rings. The number of amides is 1. The monoisotopic (exact) mass is 260 g/mol. The van der Waals surface area contributed by atoms with E-state index in [0.717, 1.165) is 18.7 Å². The lowest BCUT2D eigenvalue weighted by molar-refractivity contribution is 0.0527. The van der Waals surface area contributed by atoms with E-state index in [-0.39, 0.29) is 17.6 Å². The Labute approximate surface area is 108 Å². The van der Waals surface area contributed by atoms with Gasteiger partial charge in [0, 0.05) is 25.1 Å². The summed E-state index contributed by atoms with van der Waals surface area (Å²) < 4.78 is 10.1. The van der Waals surface area contributed by atoms with Crippen molar-refractivity contribution in [2.75, 3.05) is 13.1 Å². The van der Waals surface area contributed by atoms with E-state index in [0.29, 0.717) is 24.9 Å². The van der Waals surface area contributed by atoms with Gasteiger partial charge in [0.25, 0.3) is 5.91 Å². The molecule has 0 N–H and O–H groups in total. The first-order valence-electron chi connectivity index (χ1n) is 6.34. The summed E-state index contributed by atoms with van der Waals surface area (Å²) >= 11 is 0. The fraction of sp³-hybridized carbons (Fsp3) is 0.500. The van der Waals surface area contributed by atoms with Gasteiger partial charge in [-0.15, -0.1) is 0 Å². The van der Waals surface area contributed by atoms with E-state index in [9.17, 15) is 4.79 Å². The zero-order chi connectivity index (χ0) is 12.8. The van der Waals surface area contributed by atoms with Crippen LogP contribution in [0.1, 0.15) is 46.9 Å². The summed E-state index contributed by atoms with van der Waals surface area (Å²) in [6.45, 7) is 1.18. The second-order valence-corrected chi connectivity index (χ2v) is 5.05. The molecule has 0 radical (unpaired) electrons. The minimum Gasteiger partial charge on any atom is -0.351 e. The molecule has 4 rings (SSSR count). The van der Waals surface area contributed by atoms with Crippen molar-refractivity contribution >= 4 is 5.91 Å². The maximum atomic E-state index is 11.9. The van der Waals surface area contributed by atoms with Crippen molar-refractivity contribution in [3.05, 3.63) is 29.7 Å². The number of likely N-dealkylation sites (tertiary alicyclic amines) is 1. The van der Waals surface area contributed by atoms with Crippen LogP contribution in [0, 0.1) is 0 Å². The highest BCUT2D eigenvalue weighted by Gasteiger charge is 2.38. The Morgan fingerprint density at radius 1 is 1.26 bits per heavy atom. The van der Waals surface area contributed by atoms with Crippen LogP contribution in [-0.4, -0.2) is 39.2 Å². The van der Waals surface area contributed by atoms with Gasteiger partial charge in [0.15, 0.2) is 5.82 Å². The topological polar surface area (TPSA) is 85.3 Å². The second kappa shape index (κ2) is 3.91. The fourth-order valence-electron chi connectivity index (χ4n) is 2.20. The first-order valence-corrected chi connectivity index (χ1v) is 6.34. The number of rotatable bonds is 3. The first kappa shape index (κ1) is 10.7. The van der Waals surface area contributed by atoms with E-state index in [4.69, 9.17) is 9.05 Å². The summed E-state index contributed by atoms with van der Waals surface area (Å²) in [7, 11) is 0. The highest BCUT2D eigenvalue weighted by atomic mass is 16.5. The molecule has 2 aromatic heterocycles. The molecule has 2 aromatic rings. The highest BCUT2D eigenvalue weighted by molar-refractivity contribution is 5.91. The number of hydrogen-bond acceptors (Lipinski definition) is 6. The average molecular weight is 260 g/mol. The Morgan fingerprint density at radius 3 is 2.79 bits per heavy atom. The van der Waals surface area contributed by atoms with Crippen LogP contribution in [-0.2, 0) is 0 Å². The Morgan fingerprint density at radius 2 is 2.11 bits per heavy atom. The molecule has 19 heavy (non-hydrogen) atoms. The van der Waals surface area contributed by atoms with E-state index in [1.807, 2.05) is 0 Å². The van der Waals surface area contributed by atoms with Crippen LogP contribution in [0.25, 0.3) is 0 Å². The predicted octanol–water partition coefficient (Wildman–Crippen LogP) is 1.17. The van der Waals surface area contributed by atoms with E-state index in [1.165, 1.54) is 6.20 Å². The minimum absolute atomic E-state index is 0.143. The number of nitrogens with zero attached hydrogens (tertiary/aromatic N) is 4. The summed E-state index contributed by atoms with van der Waals surface area (Å²) in [5, 5.41) is 7.51. The molecule has 0 unspecified atom stereocenters. The third kappa shape index (κ3) is 1.81. The van der Waals surface area contributed by atoms with Crippen LogP contribution < -0.4 is 0 Å². The fourth-order valence-corrected chi connectivity index (χ4v) is 2.20. The third-order valence-corrected chi connectivity index (χ3v) is 3.57. The van der Waals surface area contributed by atoms with E-state index >= 15 is 0 Å². The lowest BCUT2D eigenvalue weighted by Crippen LogP contribution is -2.48. The molecule has 7 heteroatoms. The molecule has 1 aliphatic heterocycles. The van der Waals surface area contributed by atoms with Crippen molar-refractivity contribution in [1.82, 2.24) is 20.2 Å². The van der Waals surface area contributed by atoms with Crippen molar-refractivity contribution in [2.24, 2.45) is 0 Å². The molecular weight excluding hydrogens is 248 g/mol. The Kier molecular flexibility index (Phi) is 2.20. The molecule has 0 spiro atoms. The van der Waals surface area contributed by atoms with Gasteiger partial charge in [-0.05, 0) is 12.8 Å². The molecular formula is C12H12N4O3. The van der Waals surface area contributed by atoms with Gasteiger partial charge in [-0.2, -0.15) is 4.98 Å². The third-order valence-electron chi connectivity index (χ3n) is 3.57. The average Bonchev–Trinajstić information content (AvgIpc) is 2.90. The van der Waals surface area contributed by atoms with Gasteiger partial charge in [0.1, 0.15) is 0 Å². The van der Waals surface area contributed by atoms with Crippen LogP contribution in [0.2, 0.25) is 0 Å². The highest BCUT2D eigenvalue weighted by Crippen LogP contribution is 2.39. The van der Waals surface area contributed by atoms with Crippen LogP contribution in [0.15, 0.2) is 21.3 Å². The van der Waals surface area contributed by atoms with E-state index in [1.54, 1.807) is 11.0 Å². The molecule has 1 amide bonds.